The molecule has 1 N–H and O–H groups in total. The smallest absolute Gasteiger partial charge is 0.280 e. The first-order chi connectivity index (χ1) is 9.87. The van der Waals surface area contributed by atoms with Crippen molar-refractivity contribution in [3.63, 3.8) is 0 Å². The fraction of sp³-hybridized carbons (Fsp3) is 0.231. The van der Waals surface area contributed by atoms with Gasteiger partial charge in [-0.2, -0.15) is 13.7 Å². The molecule has 1 aromatic heterocycles. The summed E-state index contributed by atoms with van der Waals surface area (Å²) in [4.78, 5) is 4.04. The van der Waals surface area contributed by atoms with E-state index in [2.05, 4.69) is 25.6 Å². The Morgan fingerprint density at radius 3 is 2.76 bits per heavy atom. The Bertz CT molecular complexity index is 821. The number of hydrogen-bond donors (Lipinski definition) is 1. The molecule has 0 aliphatic heterocycles. The van der Waals surface area contributed by atoms with E-state index in [1.807, 2.05) is 13.0 Å². The van der Waals surface area contributed by atoms with Gasteiger partial charge in [0, 0.05) is 17.2 Å². The summed E-state index contributed by atoms with van der Waals surface area (Å²) < 4.78 is 29.5. The monoisotopic (exact) mass is 368 g/mol. The van der Waals surface area contributed by atoms with Gasteiger partial charge in [-0.3, -0.25) is 4.72 Å². The van der Waals surface area contributed by atoms with Crippen molar-refractivity contribution in [1.82, 2.24) is 9.55 Å². The number of nitrogens with one attached hydrogen (secondary N) is 1. The second-order valence-corrected chi connectivity index (χ2v) is 6.86. The van der Waals surface area contributed by atoms with Crippen LogP contribution >= 0.6 is 15.9 Å². The van der Waals surface area contributed by atoms with Gasteiger partial charge in [-0.25, -0.2) is 4.98 Å². The lowest BCUT2D eigenvalue weighted by atomic mass is 10.2. The standard InChI is InChI=1S/C13H13BrN4O2S/c1-3-18-8-13(16-9(18)2)21(19,20)17-12-5-4-11(14)6-10(12)7-15/h4-6,8,17H,3H2,1-2H3. The van der Waals surface area contributed by atoms with Crippen LogP contribution in [0.25, 0.3) is 0 Å². The number of aromatic nitrogens is 2. The first-order valence-electron chi connectivity index (χ1n) is 6.13. The number of aryl methyl sites for hydroxylation is 2. The average Bonchev–Trinajstić information content (AvgIpc) is 2.82. The molecule has 0 amide bonds. The van der Waals surface area contributed by atoms with Crippen molar-refractivity contribution in [1.29, 1.82) is 5.26 Å². The van der Waals surface area contributed by atoms with Crippen LogP contribution in [0.4, 0.5) is 5.69 Å². The number of rotatable bonds is 4. The molecule has 2 rings (SSSR count). The van der Waals surface area contributed by atoms with Crippen LogP contribution in [0.2, 0.25) is 0 Å². The molecule has 21 heavy (non-hydrogen) atoms. The minimum atomic E-state index is -3.82. The van der Waals surface area contributed by atoms with E-state index in [4.69, 9.17) is 5.26 Å². The summed E-state index contributed by atoms with van der Waals surface area (Å²) in [6.07, 6.45) is 1.47. The van der Waals surface area contributed by atoms with Crippen molar-refractivity contribution in [2.24, 2.45) is 0 Å². The average molecular weight is 369 g/mol. The highest BCUT2D eigenvalue weighted by molar-refractivity contribution is 9.10. The van der Waals surface area contributed by atoms with E-state index in [9.17, 15) is 8.42 Å². The maximum Gasteiger partial charge on any atom is 0.280 e. The second kappa shape index (κ2) is 5.87. The SMILES string of the molecule is CCn1cc(S(=O)(=O)Nc2ccc(Br)cc2C#N)nc1C. The molecule has 0 radical (unpaired) electrons. The first-order valence-corrected chi connectivity index (χ1v) is 8.41. The molecule has 6 nitrogen and oxygen atoms in total. The van der Waals surface area contributed by atoms with E-state index < -0.39 is 10.0 Å². The van der Waals surface area contributed by atoms with E-state index in [1.54, 1.807) is 23.6 Å². The van der Waals surface area contributed by atoms with Crippen molar-refractivity contribution in [2.45, 2.75) is 25.4 Å². The highest BCUT2D eigenvalue weighted by Crippen LogP contribution is 2.23. The lowest BCUT2D eigenvalue weighted by molar-refractivity contribution is 0.598. The third-order valence-electron chi connectivity index (χ3n) is 2.92. The fourth-order valence-corrected chi connectivity index (χ4v) is 3.28. The van der Waals surface area contributed by atoms with Gasteiger partial charge in [0.05, 0.1) is 11.3 Å². The van der Waals surface area contributed by atoms with Crippen LogP contribution in [0.5, 0.6) is 0 Å². The molecular formula is C13H13BrN4O2S. The van der Waals surface area contributed by atoms with Gasteiger partial charge >= 0.3 is 0 Å². The summed E-state index contributed by atoms with van der Waals surface area (Å²) in [6.45, 7) is 4.28. The summed E-state index contributed by atoms with van der Waals surface area (Å²) in [6, 6.07) is 6.70. The van der Waals surface area contributed by atoms with Gasteiger partial charge in [0.25, 0.3) is 10.0 Å². The zero-order valence-corrected chi connectivity index (χ0v) is 13.9. The number of hydrogen-bond acceptors (Lipinski definition) is 4. The molecule has 1 aromatic carbocycles. The Morgan fingerprint density at radius 2 is 2.19 bits per heavy atom. The zero-order chi connectivity index (χ0) is 15.6. The molecule has 0 atom stereocenters. The minimum absolute atomic E-state index is 0.0614. The molecule has 1 heterocycles. The van der Waals surface area contributed by atoms with Crippen LogP contribution in [-0.2, 0) is 16.6 Å². The molecule has 0 fully saturated rings. The van der Waals surface area contributed by atoms with E-state index in [1.165, 1.54) is 12.3 Å². The van der Waals surface area contributed by atoms with Crippen molar-refractivity contribution in [3.05, 3.63) is 40.3 Å². The van der Waals surface area contributed by atoms with Gasteiger partial charge < -0.3 is 4.57 Å². The number of anilines is 1. The maximum atomic E-state index is 12.3. The zero-order valence-electron chi connectivity index (χ0n) is 11.5. The predicted octanol–water partition coefficient (Wildman–Crippen LogP) is 2.65. The Morgan fingerprint density at radius 1 is 1.48 bits per heavy atom. The highest BCUT2D eigenvalue weighted by Gasteiger charge is 2.20. The topological polar surface area (TPSA) is 87.8 Å². The first kappa shape index (κ1) is 15.5. The highest BCUT2D eigenvalue weighted by atomic mass is 79.9. The summed E-state index contributed by atoms with van der Waals surface area (Å²) in [5.74, 6) is 0.620. The van der Waals surface area contributed by atoms with Crippen LogP contribution in [0.1, 0.15) is 18.3 Å². The second-order valence-electron chi connectivity index (χ2n) is 4.32. The number of nitrogens with zero attached hydrogens (tertiary/aromatic N) is 3. The van der Waals surface area contributed by atoms with Crippen molar-refractivity contribution in [3.8, 4) is 6.07 Å². The molecular weight excluding hydrogens is 356 g/mol. The number of nitriles is 1. The predicted molar refractivity (Wildman–Crippen MR) is 82.3 cm³/mol. The quantitative estimate of drug-likeness (QED) is 0.898. The van der Waals surface area contributed by atoms with Gasteiger partial charge in [-0.05, 0) is 32.0 Å². The van der Waals surface area contributed by atoms with Gasteiger partial charge in [0.15, 0.2) is 5.03 Å². The third-order valence-corrected chi connectivity index (χ3v) is 4.65. The number of benzene rings is 1. The Kier molecular flexibility index (Phi) is 4.34. The summed E-state index contributed by atoms with van der Waals surface area (Å²) >= 11 is 3.24. The molecule has 0 aliphatic rings. The Hall–Kier alpha value is -1.85. The lowest BCUT2D eigenvalue weighted by Crippen LogP contribution is -2.14. The van der Waals surface area contributed by atoms with E-state index in [0.717, 1.165) is 0 Å². The van der Waals surface area contributed by atoms with Crippen molar-refractivity contribution in [2.75, 3.05) is 4.72 Å². The van der Waals surface area contributed by atoms with Crippen LogP contribution in [0.15, 0.2) is 33.9 Å². The Balaban J connectivity index is 2.40. The number of halogens is 1. The molecule has 110 valence electrons. The van der Waals surface area contributed by atoms with Gasteiger partial charge in [-0.15, -0.1) is 0 Å². The molecule has 2 aromatic rings. The lowest BCUT2D eigenvalue weighted by Gasteiger charge is -2.07. The van der Waals surface area contributed by atoms with Gasteiger partial charge in [0.2, 0.25) is 0 Å². The van der Waals surface area contributed by atoms with Gasteiger partial charge in [-0.1, -0.05) is 15.9 Å². The summed E-state index contributed by atoms with van der Waals surface area (Å²) in [5.41, 5.74) is 0.462. The molecule has 0 saturated carbocycles. The van der Waals surface area contributed by atoms with Crippen LogP contribution in [-0.4, -0.2) is 18.0 Å². The van der Waals surface area contributed by atoms with E-state index >= 15 is 0 Å². The largest absolute Gasteiger partial charge is 0.334 e. The molecule has 0 aliphatic carbocycles. The minimum Gasteiger partial charge on any atom is -0.334 e. The molecule has 0 spiro atoms. The van der Waals surface area contributed by atoms with Gasteiger partial charge in [0.1, 0.15) is 11.9 Å². The van der Waals surface area contributed by atoms with Crippen molar-refractivity contribution >= 4 is 31.6 Å². The van der Waals surface area contributed by atoms with Crippen LogP contribution in [0.3, 0.4) is 0 Å². The van der Waals surface area contributed by atoms with Crippen molar-refractivity contribution < 1.29 is 8.42 Å². The van der Waals surface area contributed by atoms with Crippen LogP contribution in [0, 0.1) is 18.3 Å². The van der Waals surface area contributed by atoms with E-state index in [-0.39, 0.29) is 16.3 Å². The fourth-order valence-electron chi connectivity index (χ4n) is 1.82. The Labute approximate surface area is 131 Å². The summed E-state index contributed by atoms with van der Waals surface area (Å²) in [7, 11) is -3.82. The molecule has 0 saturated heterocycles. The molecule has 0 bridgehead atoms. The molecule has 8 heteroatoms. The van der Waals surface area contributed by atoms with Crippen LogP contribution < -0.4 is 4.72 Å². The van der Waals surface area contributed by atoms with E-state index in [0.29, 0.717) is 16.8 Å². The maximum absolute atomic E-state index is 12.3. The number of imidazole rings is 1. The molecule has 0 unspecified atom stereocenters. The summed E-state index contributed by atoms with van der Waals surface area (Å²) in [5, 5.41) is 9.01. The number of sulfonamides is 1. The normalized spacial score (nSPS) is 11.1. The third kappa shape index (κ3) is 3.25.